The third-order valence-corrected chi connectivity index (χ3v) is 6.18. The number of benzene rings is 2. The number of hydrogen-bond acceptors (Lipinski definition) is 5. The van der Waals surface area contributed by atoms with Crippen LogP contribution in [0.3, 0.4) is 0 Å². The minimum Gasteiger partial charge on any atom is -0.451 e. The lowest BCUT2D eigenvalue weighted by molar-refractivity contribution is -0.143. The summed E-state index contributed by atoms with van der Waals surface area (Å²) in [6.07, 6.45) is 1.14. The maximum atomic E-state index is 13.1. The van der Waals surface area contributed by atoms with Crippen molar-refractivity contribution in [1.82, 2.24) is 0 Å². The van der Waals surface area contributed by atoms with Crippen molar-refractivity contribution < 1.29 is 22.3 Å². The van der Waals surface area contributed by atoms with Gasteiger partial charge in [-0.1, -0.05) is 23.9 Å². The maximum absolute atomic E-state index is 13.1. The van der Waals surface area contributed by atoms with Crippen molar-refractivity contribution in [2.45, 2.75) is 29.2 Å². The van der Waals surface area contributed by atoms with Crippen molar-refractivity contribution >= 4 is 33.1 Å². The molecule has 0 atom stereocenters. The molecule has 2 aromatic carbocycles. The molecule has 0 aromatic heterocycles. The number of rotatable bonds is 4. The fraction of sp³-hybridized carbons (Fsp3) is 0.211. The van der Waals surface area contributed by atoms with E-state index < -0.39 is 21.4 Å². The van der Waals surface area contributed by atoms with Gasteiger partial charge in [-0.3, -0.25) is 0 Å². The smallest absolute Gasteiger partial charge is 0.346 e. The standard InChI is InChI=1S/C19H17FO4S2/c1-19(2)16(12-4-10-15(11-5-12)26(3,22)23)17(18(21)24-19)25-14-8-6-13(20)7-9-14/h4-11H,1-3H3. The molecule has 0 fully saturated rings. The van der Waals surface area contributed by atoms with Crippen LogP contribution in [0, 0.1) is 5.82 Å². The minimum absolute atomic E-state index is 0.206. The van der Waals surface area contributed by atoms with Gasteiger partial charge in [-0.2, -0.15) is 0 Å². The Kier molecular flexibility index (Phi) is 4.71. The van der Waals surface area contributed by atoms with E-state index in [0.29, 0.717) is 20.9 Å². The van der Waals surface area contributed by atoms with Gasteiger partial charge in [-0.25, -0.2) is 17.6 Å². The van der Waals surface area contributed by atoms with E-state index in [4.69, 9.17) is 4.74 Å². The summed E-state index contributed by atoms with van der Waals surface area (Å²) in [5.74, 6) is -0.805. The summed E-state index contributed by atoms with van der Waals surface area (Å²) in [6.45, 7) is 3.56. The zero-order valence-electron chi connectivity index (χ0n) is 14.4. The Morgan fingerprint density at radius 1 is 1.00 bits per heavy atom. The highest BCUT2D eigenvalue weighted by Crippen LogP contribution is 2.46. The van der Waals surface area contributed by atoms with E-state index in [-0.39, 0.29) is 10.7 Å². The van der Waals surface area contributed by atoms with Crippen molar-refractivity contribution in [2.24, 2.45) is 0 Å². The van der Waals surface area contributed by atoms with E-state index in [1.165, 1.54) is 36.0 Å². The van der Waals surface area contributed by atoms with Crippen LogP contribution >= 0.6 is 11.8 Å². The molecule has 0 aliphatic carbocycles. The summed E-state index contributed by atoms with van der Waals surface area (Å²) in [7, 11) is -3.30. The lowest BCUT2D eigenvalue weighted by Crippen LogP contribution is -2.22. The first-order chi connectivity index (χ1) is 12.1. The number of ether oxygens (including phenoxy) is 1. The van der Waals surface area contributed by atoms with Gasteiger partial charge in [0.1, 0.15) is 16.3 Å². The van der Waals surface area contributed by atoms with Crippen LogP contribution in [0.2, 0.25) is 0 Å². The van der Waals surface area contributed by atoms with E-state index in [9.17, 15) is 17.6 Å². The molecule has 0 saturated carbocycles. The van der Waals surface area contributed by atoms with E-state index in [0.717, 1.165) is 6.26 Å². The molecule has 0 bridgehead atoms. The highest BCUT2D eigenvalue weighted by Gasteiger charge is 2.41. The van der Waals surface area contributed by atoms with Gasteiger partial charge in [-0.15, -0.1) is 0 Å². The van der Waals surface area contributed by atoms with E-state index >= 15 is 0 Å². The molecule has 1 aliphatic heterocycles. The lowest BCUT2D eigenvalue weighted by Gasteiger charge is -2.21. The summed E-state index contributed by atoms with van der Waals surface area (Å²) in [5.41, 5.74) is 0.529. The predicted molar refractivity (Wildman–Crippen MR) is 98.9 cm³/mol. The molecule has 3 rings (SSSR count). The molecule has 0 N–H and O–H groups in total. The van der Waals surface area contributed by atoms with Gasteiger partial charge in [0.15, 0.2) is 9.84 Å². The van der Waals surface area contributed by atoms with Crippen LogP contribution in [-0.2, 0) is 19.4 Å². The Bertz CT molecular complexity index is 989. The van der Waals surface area contributed by atoms with Crippen LogP contribution in [0.25, 0.3) is 5.57 Å². The molecule has 1 aliphatic rings. The first-order valence-corrected chi connectivity index (χ1v) is 10.5. The van der Waals surface area contributed by atoms with Gasteiger partial charge >= 0.3 is 5.97 Å². The molecule has 4 nitrogen and oxygen atoms in total. The minimum atomic E-state index is -3.30. The van der Waals surface area contributed by atoms with Gasteiger partial charge in [0.2, 0.25) is 0 Å². The average molecular weight is 392 g/mol. The molecule has 7 heteroatoms. The quantitative estimate of drug-likeness (QED) is 0.734. The largest absolute Gasteiger partial charge is 0.451 e. The highest BCUT2D eigenvalue weighted by atomic mass is 32.2. The zero-order chi connectivity index (χ0) is 19.1. The van der Waals surface area contributed by atoms with Crippen LogP contribution in [0.5, 0.6) is 0 Å². The number of cyclic esters (lactones) is 1. The maximum Gasteiger partial charge on any atom is 0.346 e. The first kappa shape index (κ1) is 18.7. The summed E-state index contributed by atoms with van der Waals surface area (Å²) in [4.78, 5) is 13.7. The topological polar surface area (TPSA) is 60.4 Å². The van der Waals surface area contributed by atoms with Crippen LogP contribution in [0.4, 0.5) is 4.39 Å². The van der Waals surface area contributed by atoms with Crippen molar-refractivity contribution in [3.8, 4) is 0 Å². The van der Waals surface area contributed by atoms with Gasteiger partial charge in [-0.05, 0) is 55.8 Å². The molecular formula is C19H17FO4S2. The van der Waals surface area contributed by atoms with Gasteiger partial charge < -0.3 is 4.74 Å². The van der Waals surface area contributed by atoms with Crippen LogP contribution < -0.4 is 0 Å². The monoisotopic (exact) mass is 392 g/mol. The highest BCUT2D eigenvalue weighted by molar-refractivity contribution is 8.04. The number of carbonyl (C=O) groups is 1. The fourth-order valence-corrected chi connectivity index (χ4v) is 4.49. The molecule has 0 amide bonds. The van der Waals surface area contributed by atoms with E-state index in [1.54, 1.807) is 38.1 Å². The zero-order valence-corrected chi connectivity index (χ0v) is 16.1. The van der Waals surface area contributed by atoms with E-state index in [2.05, 4.69) is 0 Å². The number of halogens is 1. The SMILES string of the molecule is CC1(C)OC(=O)C(Sc2ccc(F)cc2)=C1c1ccc(S(C)(=O)=O)cc1. The number of sulfone groups is 1. The average Bonchev–Trinajstić information content (AvgIpc) is 2.77. The number of carbonyl (C=O) groups excluding carboxylic acids is 1. The Morgan fingerprint density at radius 3 is 2.12 bits per heavy atom. The lowest BCUT2D eigenvalue weighted by atomic mass is 9.92. The Morgan fingerprint density at radius 2 is 1.58 bits per heavy atom. The van der Waals surface area contributed by atoms with Crippen molar-refractivity contribution in [3.63, 3.8) is 0 Å². The molecule has 0 saturated heterocycles. The molecule has 26 heavy (non-hydrogen) atoms. The summed E-state index contributed by atoms with van der Waals surface area (Å²) >= 11 is 1.20. The number of thioether (sulfide) groups is 1. The van der Waals surface area contributed by atoms with E-state index in [1.807, 2.05) is 0 Å². The Hall–Kier alpha value is -2.12. The first-order valence-electron chi connectivity index (χ1n) is 7.80. The third kappa shape index (κ3) is 3.68. The summed E-state index contributed by atoms with van der Waals surface area (Å²) in [5, 5.41) is 0. The normalized spacial score (nSPS) is 16.7. The molecule has 0 unspecified atom stereocenters. The number of esters is 1. The second-order valence-corrected chi connectivity index (χ2v) is 9.56. The second kappa shape index (κ2) is 6.55. The summed E-state index contributed by atoms with van der Waals surface area (Å²) in [6, 6.07) is 12.2. The second-order valence-electron chi connectivity index (χ2n) is 6.46. The van der Waals surface area contributed by atoms with Crippen molar-refractivity contribution in [2.75, 3.05) is 6.26 Å². The predicted octanol–water partition coefficient (Wildman–Crippen LogP) is 4.07. The van der Waals surface area contributed by atoms with Crippen LogP contribution in [-0.4, -0.2) is 26.2 Å². The molecule has 2 aromatic rings. The van der Waals surface area contributed by atoms with Crippen molar-refractivity contribution in [1.29, 1.82) is 0 Å². The Labute approximate surface area is 156 Å². The third-order valence-electron chi connectivity index (χ3n) is 3.97. The molecule has 1 heterocycles. The molecular weight excluding hydrogens is 375 g/mol. The molecule has 136 valence electrons. The van der Waals surface area contributed by atoms with Crippen LogP contribution in [0.1, 0.15) is 19.4 Å². The van der Waals surface area contributed by atoms with Gasteiger partial charge in [0.05, 0.1) is 4.90 Å². The van der Waals surface area contributed by atoms with Gasteiger partial charge in [0.25, 0.3) is 0 Å². The van der Waals surface area contributed by atoms with Crippen LogP contribution in [0.15, 0.2) is 63.2 Å². The molecule has 0 radical (unpaired) electrons. The fourth-order valence-electron chi connectivity index (χ4n) is 2.77. The number of hydrogen-bond donors (Lipinski definition) is 0. The Balaban J connectivity index is 2.07. The summed E-state index contributed by atoms with van der Waals surface area (Å²) < 4.78 is 41.9. The van der Waals surface area contributed by atoms with Gasteiger partial charge in [0, 0.05) is 16.7 Å². The molecule has 0 spiro atoms. The van der Waals surface area contributed by atoms with Crippen molar-refractivity contribution in [3.05, 3.63) is 64.8 Å².